The van der Waals surface area contributed by atoms with Gasteiger partial charge in [0, 0.05) is 24.4 Å². The minimum Gasteiger partial charge on any atom is -0.368 e. The van der Waals surface area contributed by atoms with Crippen LogP contribution in [0, 0.1) is 13.8 Å². The molecule has 4 rings (SSSR count). The second-order valence-corrected chi connectivity index (χ2v) is 7.00. The first kappa shape index (κ1) is 17.4. The van der Waals surface area contributed by atoms with Crippen LogP contribution in [0.3, 0.4) is 0 Å². The van der Waals surface area contributed by atoms with Crippen LogP contribution in [-0.4, -0.2) is 32.1 Å². The van der Waals surface area contributed by atoms with Crippen molar-refractivity contribution in [1.82, 2.24) is 19.7 Å². The van der Waals surface area contributed by atoms with Gasteiger partial charge >= 0.3 is 0 Å². The van der Waals surface area contributed by atoms with E-state index >= 15 is 0 Å². The second-order valence-electron chi connectivity index (χ2n) is 7.00. The number of carbonyl (C=O) groups excluding carboxylic acids is 1. The van der Waals surface area contributed by atoms with Crippen LogP contribution in [-0.2, 0) is 6.42 Å². The number of hydrogen-bond donors (Lipinski definition) is 1. The minimum atomic E-state index is 0.122. The summed E-state index contributed by atoms with van der Waals surface area (Å²) in [5, 5.41) is 7.90. The second kappa shape index (κ2) is 6.95. The third-order valence-electron chi connectivity index (χ3n) is 4.91. The molecule has 1 atom stereocenters. The van der Waals surface area contributed by atoms with Crippen molar-refractivity contribution < 1.29 is 4.79 Å². The van der Waals surface area contributed by atoms with Crippen molar-refractivity contribution in [1.29, 1.82) is 0 Å². The van der Waals surface area contributed by atoms with E-state index in [2.05, 4.69) is 32.5 Å². The quantitative estimate of drug-likeness (QED) is 0.768. The number of hydrogen-bond acceptors (Lipinski definition) is 5. The Morgan fingerprint density at radius 2 is 1.81 bits per heavy atom. The van der Waals surface area contributed by atoms with Gasteiger partial charge < -0.3 is 5.32 Å². The summed E-state index contributed by atoms with van der Waals surface area (Å²) < 4.78 is 1.75. The van der Waals surface area contributed by atoms with Gasteiger partial charge in [-0.1, -0.05) is 30.3 Å². The summed E-state index contributed by atoms with van der Waals surface area (Å²) in [6.07, 6.45) is 1.23. The molecule has 6 heteroatoms. The molecule has 27 heavy (non-hydrogen) atoms. The molecule has 1 aromatic carbocycles. The molecule has 0 aliphatic heterocycles. The molecule has 2 aromatic heterocycles. The Bertz CT molecular complexity index is 973. The van der Waals surface area contributed by atoms with Gasteiger partial charge in [0.2, 0.25) is 0 Å². The molecule has 1 N–H and O–H groups in total. The number of rotatable bonds is 4. The molecular weight excluding hydrogens is 338 g/mol. The zero-order chi connectivity index (χ0) is 19.0. The maximum Gasteiger partial charge on any atom is 0.251 e. The number of ketones is 1. The van der Waals surface area contributed by atoms with Gasteiger partial charge in [-0.25, -0.2) is 14.6 Å². The summed E-state index contributed by atoms with van der Waals surface area (Å²) in [6.45, 7) is 6.58. The summed E-state index contributed by atoms with van der Waals surface area (Å²) >= 11 is 0. The zero-order valence-corrected chi connectivity index (χ0v) is 15.9. The lowest BCUT2D eigenvalue weighted by atomic mass is 9.82. The summed E-state index contributed by atoms with van der Waals surface area (Å²) in [7, 11) is 0. The van der Waals surface area contributed by atoms with Crippen molar-refractivity contribution in [3.05, 3.63) is 64.6 Å². The van der Waals surface area contributed by atoms with Gasteiger partial charge in [-0.15, -0.1) is 5.10 Å². The van der Waals surface area contributed by atoms with Crippen LogP contribution in [0.2, 0.25) is 0 Å². The summed E-state index contributed by atoms with van der Waals surface area (Å²) in [5.74, 6) is 1.42. The number of nitrogens with one attached hydrogen (secondary N) is 1. The fourth-order valence-corrected chi connectivity index (χ4v) is 3.79. The molecule has 138 valence electrons. The molecule has 3 aromatic rings. The van der Waals surface area contributed by atoms with Crippen LogP contribution in [0.4, 0.5) is 5.82 Å². The van der Waals surface area contributed by atoms with Crippen LogP contribution in [0.1, 0.15) is 52.3 Å². The van der Waals surface area contributed by atoms with Gasteiger partial charge in [0.1, 0.15) is 0 Å². The highest BCUT2D eigenvalue weighted by atomic mass is 16.1. The molecule has 6 nitrogen and oxygen atoms in total. The highest BCUT2D eigenvalue weighted by molar-refractivity contribution is 6.03. The van der Waals surface area contributed by atoms with E-state index in [1.54, 1.807) is 4.68 Å². The van der Waals surface area contributed by atoms with Crippen molar-refractivity contribution in [2.75, 3.05) is 11.9 Å². The lowest BCUT2D eigenvalue weighted by molar-refractivity contribution is 0.0964. The van der Waals surface area contributed by atoms with Gasteiger partial charge in [0.15, 0.2) is 11.6 Å². The first-order chi connectivity index (χ1) is 13.1. The number of carbonyl (C=O) groups is 1. The third kappa shape index (κ3) is 3.23. The number of anilines is 1. The van der Waals surface area contributed by atoms with Crippen molar-refractivity contribution in [2.24, 2.45) is 0 Å². The van der Waals surface area contributed by atoms with Gasteiger partial charge in [0.05, 0.1) is 11.3 Å². The Labute approximate surface area is 158 Å². The van der Waals surface area contributed by atoms with Crippen LogP contribution >= 0.6 is 0 Å². The number of aromatic nitrogens is 4. The fraction of sp³-hybridized carbons (Fsp3) is 0.333. The first-order valence-electron chi connectivity index (χ1n) is 9.33. The standard InChI is InChI=1S/C21H23N5O/c1-4-22-20-19-17(26(25-20)21-23-13(2)10-14(3)24-21)11-16(12-18(19)27)15-8-6-5-7-9-15/h5-10,16H,4,11-12H2,1-3H3,(H,22,25)/t16-/m0/s1. The minimum absolute atomic E-state index is 0.122. The Hall–Kier alpha value is -3.02. The number of benzene rings is 1. The maximum atomic E-state index is 13.0. The highest BCUT2D eigenvalue weighted by Crippen LogP contribution is 2.36. The SMILES string of the molecule is CCNc1nn(-c2nc(C)cc(C)n2)c2c1C(=O)C[C@@H](c1ccccc1)C2. The summed E-state index contributed by atoms with van der Waals surface area (Å²) in [6, 6.07) is 12.1. The van der Waals surface area contributed by atoms with Gasteiger partial charge in [-0.3, -0.25) is 4.79 Å². The molecule has 0 spiro atoms. The van der Waals surface area contributed by atoms with E-state index in [-0.39, 0.29) is 11.7 Å². The van der Waals surface area contributed by atoms with Crippen LogP contribution in [0.15, 0.2) is 36.4 Å². The molecule has 0 radical (unpaired) electrons. The number of aryl methyl sites for hydroxylation is 2. The van der Waals surface area contributed by atoms with E-state index in [1.165, 1.54) is 5.56 Å². The van der Waals surface area contributed by atoms with E-state index in [1.807, 2.05) is 45.0 Å². The van der Waals surface area contributed by atoms with E-state index in [0.29, 0.717) is 30.3 Å². The van der Waals surface area contributed by atoms with Crippen LogP contribution in [0.25, 0.3) is 5.95 Å². The van der Waals surface area contributed by atoms with Gasteiger partial charge in [-0.2, -0.15) is 0 Å². The predicted octanol–water partition coefficient (Wildman–Crippen LogP) is 3.62. The maximum absolute atomic E-state index is 13.0. The first-order valence-corrected chi connectivity index (χ1v) is 9.33. The topological polar surface area (TPSA) is 72.7 Å². The Kier molecular flexibility index (Phi) is 4.48. The fourth-order valence-electron chi connectivity index (χ4n) is 3.79. The smallest absolute Gasteiger partial charge is 0.251 e. The van der Waals surface area contributed by atoms with Crippen molar-refractivity contribution in [3.8, 4) is 5.95 Å². The average molecular weight is 361 g/mol. The molecule has 0 amide bonds. The summed E-state index contributed by atoms with van der Waals surface area (Å²) in [4.78, 5) is 22.1. The lowest BCUT2D eigenvalue weighted by Crippen LogP contribution is -2.21. The van der Waals surface area contributed by atoms with Crippen LogP contribution < -0.4 is 5.32 Å². The third-order valence-corrected chi connectivity index (χ3v) is 4.91. The lowest BCUT2D eigenvalue weighted by Gasteiger charge is -2.23. The average Bonchev–Trinajstić information content (AvgIpc) is 3.01. The van der Waals surface area contributed by atoms with Gasteiger partial charge in [-0.05, 0) is 44.7 Å². The predicted molar refractivity (Wildman–Crippen MR) is 105 cm³/mol. The van der Waals surface area contributed by atoms with E-state index in [0.717, 1.165) is 23.5 Å². The molecule has 0 saturated carbocycles. The van der Waals surface area contributed by atoms with Crippen molar-refractivity contribution in [3.63, 3.8) is 0 Å². The van der Waals surface area contributed by atoms with Crippen molar-refractivity contribution in [2.45, 2.75) is 39.5 Å². The van der Waals surface area contributed by atoms with Crippen LogP contribution in [0.5, 0.6) is 0 Å². The Balaban J connectivity index is 1.85. The van der Waals surface area contributed by atoms with E-state index in [4.69, 9.17) is 0 Å². The molecule has 2 heterocycles. The van der Waals surface area contributed by atoms with Gasteiger partial charge in [0.25, 0.3) is 5.95 Å². The Morgan fingerprint density at radius 1 is 1.11 bits per heavy atom. The zero-order valence-electron chi connectivity index (χ0n) is 15.9. The van der Waals surface area contributed by atoms with Crippen molar-refractivity contribution >= 4 is 11.6 Å². The molecule has 0 unspecified atom stereocenters. The molecular formula is C21H23N5O. The van der Waals surface area contributed by atoms with E-state index < -0.39 is 0 Å². The normalized spacial score (nSPS) is 16.3. The molecule has 1 aliphatic rings. The number of fused-ring (bicyclic) bond motifs is 1. The number of nitrogens with zero attached hydrogens (tertiary/aromatic N) is 4. The summed E-state index contributed by atoms with van der Waals surface area (Å²) in [5.41, 5.74) is 4.52. The molecule has 1 aliphatic carbocycles. The molecule has 0 bridgehead atoms. The highest BCUT2D eigenvalue weighted by Gasteiger charge is 2.33. The Morgan fingerprint density at radius 3 is 2.48 bits per heavy atom. The van der Waals surface area contributed by atoms with E-state index in [9.17, 15) is 4.79 Å². The largest absolute Gasteiger partial charge is 0.368 e. The molecule has 0 saturated heterocycles. The molecule has 0 fully saturated rings. The monoisotopic (exact) mass is 361 g/mol. The number of Topliss-reactive ketones (excluding diaryl/α,β-unsaturated/α-hetero) is 1.